The van der Waals surface area contributed by atoms with Crippen molar-refractivity contribution in [3.63, 3.8) is 0 Å². The number of nitrogens with two attached hydrogens (primary N) is 1. The molecule has 0 saturated carbocycles. The van der Waals surface area contributed by atoms with E-state index in [1.54, 1.807) is 0 Å². The molecule has 0 fully saturated rings. The van der Waals surface area contributed by atoms with Crippen molar-refractivity contribution in [2.45, 2.75) is 12.2 Å². The average Bonchev–Trinajstić information content (AvgIpc) is 2.11. The number of nitrogen functional groups attached to an aromatic ring is 1. The van der Waals surface area contributed by atoms with Gasteiger partial charge in [0.15, 0.2) is 11.6 Å². The molecular formula is C8H6ClF4NO. The van der Waals surface area contributed by atoms with Crippen LogP contribution >= 0.6 is 11.6 Å². The second-order valence-corrected chi connectivity index (χ2v) is 2.91. The summed E-state index contributed by atoms with van der Waals surface area (Å²) in [6, 6.07) is 2.29. The first-order valence-corrected chi connectivity index (χ1v) is 4.27. The lowest BCUT2D eigenvalue weighted by Crippen LogP contribution is -2.19. The standard InChI is InChI=1S/C8H6ClF4NO/c9-3-4-1-2-5(14)7(6(4)10)15-8(11,12)13/h1-2H,3,14H2. The van der Waals surface area contributed by atoms with Crippen LogP contribution in [-0.2, 0) is 5.88 Å². The monoisotopic (exact) mass is 243 g/mol. The Labute approximate surface area is 87.6 Å². The van der Waals surface area contributed by atoms with Gasteiger partial charge in [-0.15, -0.1) is 24.8 Å². The van der Waals surface area contributed by atoms with Gasteiger partial charge in [-0.1, -0.05) is 6.07 Å². The molecule has 2 N–H and O–H groups in total. The van der Waals surface area contributed by atoms with E-state index in [9.17, 15) is 17.6 Å². The Balaban J connectivity index is 3.15. The fourth-order valence-corrected chi connectivity index (χ4v) is 1.14. The van der Waals surface area contributed by atoms with Gasteiger partial charge in [-0.05, 0) is 6.07 Å². The zero-order valence-electron chi connectivity index (χ0n) is 7.24. The molecule has 2 nitrogen and oxygen atoms in total. The van der Waals surface area contributed by atoms with Crippen LogP contribution in [0.5, 0.6) is 5.75 Å². The summed E-state index contributed by atoms with van der Waals surface area (Å²) in [6.45, 7) is 0. The van der Waals surface area contributed by atoms with E-state index < -0.39 is 23.6 Å². The highest BCUT2D eigenvalue weighted by Gasteiger charge is 2.33. The van der Waals surface area contributed by atoms with E-state index in [1.165, 1.54) is 6.07 Å². The number of anilines is 1. The van der Waals surface area contributed by atoms with Crippen molar-refractivity contribution in [3.05, 3.63) is 23.5 Å². The van der Waals surface area contributed by atoms with Crippen LogP contribution in [0.1, 0.15) is 5.56 Å². The van der Waals surface area contributed by atoms with Crippen molar-refractivity contribution >= 4 is 17.3 Å². The number of rotatable bonds is 2. The van der Waals surface area contributed by atoms with Gasteiger partial charge in [0.25, 0.3) is 0 Å². The summed E-state index contributed by atoms with van der Waals surface area (Å²) in [5, 5.41) is 0. The Morgan fingerprint density at radius 2 is 1.93 bits per heavy atom. The molecule has 0 atom stereocenters. The molecule has 0 aliphatic carbocycles. The van der Waals surface area contributed by atoms with E-state index in [1.807, 2.05) is 0 Å². The molecule has 15 heavy (non-hydrogen) atoms. The van der Waals surface area contributed by atoms with Crippen LogP contribution in [0.3, 0.4) is 0 Å². The highest BCUT2D eigenvalue weighted by Crippen LogP contribution is 2.33. The van der Waals surface area contributed by atoms with Crippen molar-refractivity contribution in [2.24, 2.45) is 0 Å². The molecule has 1 rings (SSSR count). The van der Waals surface area contributed by atoms with Gasteiger partial charge in [0.2, 0.25) is 0 Å². The fraction of sp³-hybridized carbons (Fsp3) is 0.250. The Morgan fingerprint density at radius 1 is 1.33 bits per heavy atom. The lowest BCUT2D eigenvalue weighted by Gasteiger charge is -2.13. The normalized spacial score (nSPS) is 11.5. The summed E-state index contributed by atoms with van der Waals surface area (Å²) in [5.41, 5.74) is 4.61. The minimum absolute atomic E-state index is 0.106. The van der Waals surface area contributed by atoms with Crippen LogP contribution in [0.4, 0.5) is 23.2 Å². The van der Waals surface area contributed by atoms with Crippen molar-refractivity contribution < 1.29 is 22.3 Å². The smallest absolute Gasteiger partial charge is 0.400 e. The molecule has 0 aromatic heterocycles. The Kier molecular flexibility index (Phi) is 3.28. The fourth-order valence-electron chi connectivity index (χ4n) is 0.934. The number of halogens is 5. The third kappa shape index (κ3) is 2.89. The van der Waals surface area contributed by atoms with Gasteiger partial charge in [-0.2, -0.15) is 0 Å². The van der Waals surface area contributed by atoms with Gasteiger partial charge in [0, 0.05) is 5.56 Å². The van der Waals surface area contributed by atoms with E-state index in [0.717, 1.165) is 6.07 Å². The maximum atomic E-state index is 13.3. The molecule has 1 aromatic rings. The molecule has 0 spiro atoms. The zero-order valence-corrected chi connectivity index (χ0v) is 7.99. The third-order valence-electron chi connectivity index (χ3n) is 1.57. The summed E-state index contributed by atoms with van der Waals surface area (Å²) >= 11 is 5.31. The molecule has 7 heteroatoms. The number of benzene rings is 1. The minimum atomic E-state index is -4.99. The van der Waals surface area contributed by atoms with Crippen molar-refractivity contribution in [1.29, 1.82) is 0 Å². The molecule has 0 aliphatic heterocycles. The van der Waals surface area contributed by atoms with E-state index in [4.69, 9.17) is 17.3 Å². The maximum Gasteiger partial charge on any atom is 0.573 e. The highest BCUT2D eigenvalue weighted by molar-refractivity contribution is 6.17. The van der Waals surface area contributed by atoms with Gasteiger partial charge in [0.05, 0.1) is 11.6 Å². The second kappa shape index (κ2) is 4.14. The van der Waals surface area contributed by atoms with Crippen LogP contribution in [-0.4, -0.2) is 6.36 Å². The van der Waals surface area contributed by atoms with Crippen LogP contribution in [0.15, 0.2) is 12.1 Å². The average molecular weight is 244 g/mol. The van der Waals surface area contributed by atoms with Crippen molar-refractivity contribution in [3.8, 4) is 5.75 Å². The van der Waals surface area contributed by atoms with E-state index in [-0.39, 0.29) is 11.4 Å². The van der Waals surface area contributed by atoms with E-state index >= 15 is 0 Å². The first-order chi connectivity index (χ1) is 6.85. The number of ether oxygens (including phenoxy) is 1. The Hall–Kier alpha value is -1.17. The summed E-state index contributed by atoms with van der Waals surface area (Å²) < 4.78 is 52.3. The molecule has 0 bridgehead atoms. The van der Waals surface area contributed by atoms with Gasteiger partial charge >= 0.3 is 6.36 Å². The number of alkyl halides is 4. The predicted molar refractivity (Wildman–Crippen MR) is 47.1 cm³/mol. The van der Waals surface area contributed by atoms with Crippen LogP contribution < -0.4 is 10.5 Å². The lowest BCUT2D eigenvalue weighted by atomic mass is 10.2. The van der Waals surface area contributed by atoms with Gasteiger partial charge in [-0.25, -0.2) is 4.39 Å². The number of hydrogen-bond donors (Lipinski definition) is 1. The van der Waals surface area contributed by atoms with Crippen molar-refractivity contribution in [1.82, 2.24) is 0 Å². The summed E-state index contributed by atoms with van der Waals surface area (Å²) in [7, 11) is 0. The van der Waals surface area contributed by atoms with Gasteiger partial charge in [0.1, 0.15) is 0 Å². The van der Waals surface area contributed by atoms with Gasteiger partial charge < -0.3 is 10.5 Å². The molecule has 0 aliphatic rings. The highest BCUT2D eigenvalue weighted by atomic mass is 35.5. The molecule has 0 unspecified atom stereocenters. The zero-order chi connectivity index (χ0) is 11.6. The Morgan fingerprint density at radius 3 is 2.40 bits per heavy atom. The maximum absolute atomic E-state index is 13.3. The topological polar surface area (TPSA) is 35.2 Å². The van der Waals surface area contributed by atoms with E-state index in [2.05, 4.69) is 4.74 Å². The number of hydrogen-bond acceptors (Lipinski definition) is 2. The third-order valence-corrected chi connectivity index (χ3v) is 1.86. The predicted octanol–water partition coefficient (Wildman–Crippen LogP) is 3.05. The minimum Gasteiger partial charge on any atom is -0.400 e. The first-order valence-electron chi connectivity index (χ1n) is 3.73. The SMILES string of the molecule is Nc1ccc(CCl)c(F)c1OC(F)(F)F. The largest absolute Gasteiger partial charge is 0.573 e. The molecular weight excluding hydrogens is 238 g/mol. The molecule has 0 radical (unpaired) electrons. The van der Waals surface area contributed by atoms with Crippen molar-refractivity contribution in [2.75, 3.05) is 5.73 Å². The van der Waals surface area contributed by atoms with Crippen LogP contribution in [0.2, 0.25) is 0 Å². The molecule has 1 aromatic carbocycles. The quantitative estimate of drug-likeness (QED) is 0.492. The molecule has 0 saturated heterocycles. The van der Waals surface area contributed by atoms with Crippen LogP contribution in [0, 0.1) is 5.82 Å². The molecule has 0 amide bonds. The summed E-state index contributed by atoms with van der Waals surface area (Å²) in [6.07, 6.45) is -4.99. The van der Waals surface area contributed by atoms with Gasteiger partial charge in [-0.3, -0.25) is 0 Å². The second-order valence-electron chi connectivity index (χ2n) is 2.64. The molecule has 0 heterocycles. The van der Waals surface area contributed by atoms with Crippen LogP contribution in [0.25, 0.3) is 0 Å². The summed E-state index contributed by atoms with van der Waals surface area (Å²) in [4.78, 5) is 0. The van der Waals surface area contributed by atoms with E-state index in [0.29, 0.717) is 0 Å². The summed E-state index contributed by atoms with van der Waals surface area (Å²) in [5.74, 6) is -2.50. The first kappa shape index (κ1) is 11.9. The Bertz CT molecular complexity index is 366. The molecule has 84 valence electrons. The lowest BCUT2D eigenvalue weighted by molar-refractivity contribution is -0.275.